The van der Waals surface area contributed by atoms with Crippen molar-refractivity contribution < 1.29 is 26.8 Å². The lowest BCUT2D eigenvalue weighted by Gasteiger charge is -2.32. The smallest absolute Gasteiger partial charge is 0.243 e. The minimum Gasteiger partial charge on any atom is -0.355 e. The van der Waals surface area contributed by atoms with Crippen LogP contribution in [0, 0.1) is 11.6 Å². The molecule has 3 rings (SSSR count). The van der Waals surface area contributed by atoms with Gasteiger partial charge in [-0.15, -0.1) is 0 Å². The van der Waals surface area contributed by atoms with Crippen LogP contribution in [0.1, 0.15) is 30.9 Å². The summed E-state index contributed by atoms with van der Waals surface area (Å²) in [6.45, 7) is 2.02. The van der Waals surface area contributed by atoms with Gasteiger partial charge in [0.25, 0.3) is 0 Å². The van der Waals surface area contributed by atoms with Crippen molar-refractivity contribution in [2.45, 2.75) is 38.8 Å². The zero-order valence-electron chi connectivity index (χ0n) is 22.6. The number of carbonyl (C=O) groups is 2. The van der Waals surface area contributed by atoms with Gasteiger partial charge in [-0.3, -0.25) is 13.9 Å². The molecule has 3 aromatic carbocycles. The number of sulfonamides is 1. The summed E-state index contributed by atoms with van der Waals surface area (Å²) in [7, 11) is -3.87. The molecular formula is C29H31Cl2F2N3O4S. The molecule has 0 radical (unpaired) electrons. The first-order chi connectivity index (χ1) is 19.4. The number of hydrogen-bond donors (Lipinski definition) is 1. The molecule has 0 spiro atoms. The third kappa shape index (κ3) is 9.14. The van der Waals surface area contributed by atoms with Crippen LogP contribution in [0.3, 0.4) is 0 Å². The summed E-state index contributed by atoms with van der Waals surface area (Å²) in [6.07, 6.45) is 1.11. The molecule has 3 aromatic rings. The fraction of sp³-hybridized carbons (Fsp3) is 0.310. The second-order valence-corrected chi connectivity index (χ2v) is 12.1. The van der Waals surface area contributed by atoms with E-state index in [0.29, 0.717) is 22.2 Å². The van der Waals surface area contributed by atoms with Gasteiger partial charge in [-0.2, -0.15) is 0 Å². The first-order valence-corrected chi connectivity index (χ1v) is 15.5. The molecule has 2 amide bonds. The summed E-state index contributed by atoms with van der Waals surface area (Å²) >= 11 is 12.3. The third-order valence-corrected chi connectivity index (χ3v) is 8.24. The summed E-state index contributed by atoms with van der Waals surface area (Å²) in [5, 5.41) is 3.44. The Bertz CT molecular complexity index is 1480. The second kappa shape index (κ2) is 14.6. The van der Waals surface area contributed by atoms with Gasteiger partial charge < -0.3 is 10.2 Å². The number of carbonyl (C=O) groups excluding carboxylic acids is 2. The van der Waals surface area contributed by atoms with Crippen LogP contribution in [0.5, 0.6) is 0 Å². The van der Waals surface area contributed by atoms with Crippen LogP contribution in [0.4, 0.5) is 14.5 Å². The van der Waals surface area contributed by atoms with E-state index in [1.54, 1.807) is 25.1 Å². The van der Waals surface area contributed by atoms with Gasteiger partial charge in [0.1, 0.15) is 6.04 Å². The molecule has 7 nitrogen and oxygen atoms in total. The van der Waals surface area contributed by atoms with Crippen LogP contribution in [0.25, 0.3) is 0 Å². The van der Waals surface area contributed by atoms with E-state index in [2.05, 4.69) is 5.32 Å². The van der Waals surface area contributed by atoms with E-state index in [4.69, 9.17) is 23.2 Å². The van der Waals surface area contributed by atoms with Gasteiger partial charge in [0.15, 0.2) is 11.6 Å². The van der Waals surface area contributed by atoms with E-state index >= 15 is 0 Å². The minimum atomic E-state index is -3.87. The normalized spacial score (nSPS) is 12.0. The van der Waals surface area contributed by atoms with E-state index in [1.807, 2.05) is 30.3 Å². The highest BCUT2D eigenvalue weighted by Crippen LogP contribution is 2.25. The van der Waals surface area contributed by atoms with Crippen molar-refractivity contribution in [3.8, 4) is 0 Å². The van der Waals surface area contributed by atoms with Gasteiger partial charge in [0.2, 0.25) is 21.8 Å². The highest BCUT2D eigenvalue weighted by molar-refractivity contribution is 7.92. The lowest BCUT2D eigenvalue weighted by atomic mass is 10.0. The van der Waals surface area contributed by atoms with Gasteiger partial charge in [0.05, 0.1) is 22.0 Å². The molecule has 41 heavy (non-hydrogen) atoms. The molecule has 220 valence electrons. The zero-order chi connectivity index (χ0) is 30.2. The molecule has 0 saturated heterocycles. The molecule has 0 aliphatic carbocycles. The lowest BCUT2D eigenvalue weighted by molar-refractivity contribution is -0.141. The number of hydrogen-bond acceptors (Lipinski definition) is 4. The number of anilines is 1. The lowest BCUT2D eigenvalue weighted by Crippen LogP contribution is -2.50. The van der Waals surface area contributed by atoms with Crippen LogP contribution in [-0.2, 0) is 32.6 Å². The van der Waals surface area contributed by atoms with E-state index in [-0.39, 0.29) is 43.9 Å². The Balaban J connectivity index is 1.89. The largest absolute Gasteiger partial charge is 0.355 e. The Kier molecular flexibility index (Phi) is 11.5. The van der Waals surface area contributed by atoms with E-state index < -0.39 is 33.6 Å². The molecular weight excluding hydrogens is 595 g/mol. The zero-order valence-corrected chi connectivity index (χ0v) is 24.9. The maximum Gasteiger partial charge on any atom is 0.243 e. The van der Waals surface area contributed by atoms with Gasteiger partial charge >= 0.3 is 0 Å². The van der Waals surface area contributed by atoms with Crippen molar-refractivity contribution in [1.82, 2.24) is 10.2 Å². The van der Waals surface area contributed by atoms with Crippen molar-refractivity contribution >= 4 is 50.7 Å². The van der Waals surface area contributed by atoms with Crippen molar-refractivity contribution in [3.63, 3.8) is 0 Å². The average Bonchev–Trinajstić information content (AvgIpc) is 2.92. The van der Waals surface area contributed by atoms with Gasteiger partial charge in [-0.25, -0.2) is 17.2 Å². The maximum atomic E-state index is 13.8. The summed E-state index contributed by atoms with van der Waals surface area (Å²) in [6, 6.07) is 16.1. The minimum absolute atomic E-state index is 0.0450. The number of amides is 2. The molecule has 1 N–H and O–H groups in total. The molecule has 0 aliphatic heterocycles. The van der Waals surface area contributed by atoms with Gasteiger partial charge in [-0.05, 0) is 48.7 Å². The summed E-state index contributed by atoms with van der Waals surface area (Å²) < 4.78 is 53.1. The van der Waals surface area contributed by atoms with E-state index in [9.17, 15) is 26.8 Å². The van der Waals surface area contributed by atoms with Crippen LogP contribution in [-0.4, -0.2) is 50.5 Å². The molecule has 0 saturated carbocycles. The molecule has 0 aromatic heterocycles. The predicted octanol–water partition coefficient (Wildman–Crippen LogP) is 5.59. The maximum absolute atomic E-state index is 13.8. The Hall–Kier alpha value is -3.21. The fourth-order valence-electron chi connectivity index (χ4n) is 4.32. The standard InChI is InChI=1S/C29H31Cl2F2N3O4S/c1-3-34-29(38)27(17-20-8-5-4-6-9-20)35(19-21-11-13-23(30)24(31)16-21)28(37)10-7-15-36(41(2,39)40)22-12-14-25(32)26(33)18-22/h4-6,8-9,11-14,16,18,27H,3,7,10,15,17,19H2,1-2H3,(H,34,38)/t27-/m1/s1. The van der Waals surface area contributed by atoms with Crippen LogP contribution < -0.4 is 9.62 Å². The Morgan fingerprint density at radius 3 is 2.24 bits per heavy atom. The third-order valence-electron chi connectivity index (χ3n) is 6.30. The van der Waals surface area contributed by atoms with Crippen molar-refractivity contribution in [2.75, 3.05) is 23.7 Å². The van der Waals surface area contributed by atoms with Crippen LogP contribution >= 0.6 is 23.2 Å². The fourth-order valence-corrected chi connectivity index (χ4v) is 5.60. The summed E-state index contributed by atoms with van der Waals surface area (Å²) in [5.74, 6) is -3.04. The Morgan fingerprint density at radius 2 is 1.63 bits per heavy atom. The number of benzene rings is 3. The van der Waals surface area contributed by atoms with E-state index in [1.165, 1.54) is 4.90 Å². The first-order valence-electron chi connectivity index (χ1n) is 12.9. The Morgan fingerprint density at radius 1 is 0.927 bits per heavy atom. The topological polar surface area (TPSA) is 86.8 Å². The van der Waals surface area contributed by atoms with Crippen LogP contribution in [0.2, 0.25) is 10.0 Å². The number of halogens is 4. The molecule has 0 aliphatic rings. The van der Waals surface area contributed by atoms with Crippen molar-refractivity contribution in [2.24, 2.45) is 0 Å². The number of nitrogens with one attached hydrogen (secondary N) is 1. The van der Waals surface area contributed by atoms with Gasteiger partial charge in [0, 0.05) is 38.5 Å². The highest BCUT2D eigenvalue weighted by atomic mass is 35.5. The molecule has 0 fully saturated rings. The SMILES string of the molecule is CCNC(=O)[C@@H](Cc1ccccc1)N(Cc1ccc(Cl)c(Cl)c1)C(=O)CCCN(c1ccc(F)c(F)c1)S(C)(=O)=O. The molecule has 12 heteroatoms. The first kappa shape index (κ1) is 32.3. The summed E-state index contributed by atoms with van der Waals surface area (Å²) in [4.78, 5) is 28.4. The summed E-state index contributed by atoms with van der Waals surface area (Å²) in [5.41, 5.74) is 1.43. The molecule has 0 heterocycles. The van der Waals surface area contributed by atoms with Crippen molar-refractivity contribution in [1.29, 1.82) is 0 Å². The Labute approximate surface area is 249 Å². The average molecular weight is 627 g/mol. The highest BCUT2D eigenvalue weighted by Gasteiger charge is 2.30. The number of nitrogens with zero attached hydrogens (tertiary/aromatic N) is 2. The monoisotopic (exact) mass is 625 g/mol. The molecule has 1 atom stereocenters. The predicted molar refractivity (Wildman–Crippen MR) is 157 cm³/mol. The second-order valence-electron chi connectivity index (χ2n) is 9.41. The quantitative estimate of drug-likeness (QED) is 0.268. The number of rotatable bonds is 13. The van der Waals surface area contributed by atoms with Crippen LogP contribution in [0.15, 0.2) is 66.7 Å². The molecule has 0 bridgehead atoms. The number of likely N-dealkylation sites (N-methyl/N-ethyl adjacent to an activating group) is 1. The van der Waals surface area contributed by atoms with Gasteiger partial charge in [-0.1, -0.05) is 59.6 Å². The molecule has 0 unspecified atom stereocenters. The van der Waals surface area contributed by atoms with E-state index in [0.717, 1.165) is 34.3 Å². The van der Waals surface area contributed by atoms with Crippen molar-refractivity contribution in [3.05, 3.63) is 99.5 Å².